The lowest BCUT2D eigenvalue weighted by atomic mass is 10.1. The van der Waals surface area contributed by atoms with Crippen LogP contribution < -0.4 is 4.90 Å². The van der Waals surface area contributed by atoms with Gasteiger partial charge in [-0.3, -0.25) is 0 Å². The van der Waals surface area contributed by atoms with E-state index >= 15 is 0 Å². The first-order valence-corrected chi connectivity index (χ1v) is 7.31. The molecule has 0 spiro atoms. The van der Waals surface area contributed by atoms with Gasteiger partial charge in [0.25, 0.3) is 5.78 Å². The van der Waals surface area contributed by atoms with Crippen molar-refractivity contribution in [1.82, 2.24) is 19.6 Å². The summed E-state index contributed by atoms with van der Waals surface area (Å²) in [6.45, 7) is 6.65. The van der Waals surface area contributed by atoms with Gasteiger partial charge in [0.05, 0.1) is 6.10 Å². The maximum atomic E-state index is 6.20. The fourth-order valence-electron chi connectivity index (χ4n) is 2.72. The first-order chi connectivity index (χ1) is 9.70. The van der Waals surface area contributed by atoms with Crippen molar-refractivity contribution in [2.24, 2.45) is 0 Å². The summed E-state index contributed by atoms with van der Waals surface area (Å²) in [5.74, 6) is 1.54. The molecule has 2 aromatic heterocycles. The van der Waals surface area contributed by atoms with Crippen molar-refractivity contribution in [3.8, 4) is 0 Å². The summed E-state index contributed by atoms with van der Waals surface area (Å²) < 4.78 is 7.46. The topological polar surface area (TPSA) is 55.5 Å². The van der Waals surface area contributed by atoms with Crippen LogP contribution in [-0.4, -0.2) is 45.4 Å². The van der Waals surface area contributed by atoms with E-state index in [-0.39, 0.29) is 0 Å². The lowest BCUT2D eigenvalue weighted by Crippen LogP contribution is -2.38. The number of nitrogens with zero attached hydrogens (tertiary/aromatic N) is 5. The second-order valence-corrected chi connectivity index (χ2v) is 5.32. The molecule has 0 atom stereocenters. The summed E-state index contributed by atoms with van der Waals surface area (Å²) in [5.41, 5.74) is 0.944. The van der Waals surface area contributed by atoms with Gasteiger partial charge >= 0.3 is 0 Å². The highest BCUT2D eigenvalue weighted by atomic mass is 35.5. The maximum absolute atomic E-state index is 6.20. The van der Waals surface area contributed by atoms with Crippen molar-refractivity contribution in [2.45, 2.75) is 32.8 Å². The van der Waals surface area contributed by atoms with E-state index in [2.05, 4.69) is 20.0 Å². The lowest BCUT2D eigenvalue weighted by molar-refractivity contribution is 0.0457. The zero-order valence-electron chi connectivity index (χ0n) is 11.7. The van der Waals surface area contributed by atoms with Gasteiger partial charge in [0, 0.05) is 25.3 Å². The molecule has 0 aliphatic carbocycles. The highest BCUT2D eigenvalue weighted by molar-refractivity contribution is 6.30. The number of hydrogen-bond acceptors (Lipinski definition) is 5. The molecule has 6 nitrogen and oxygen atoms in total. The molecule has 0 saturated carbocycles. The van der Waals surface area contributed by atoms with Crippen molar-refractivity contribution in [3.63, 3.8) is 0 Å². The molecule has 1 aliphatic heterocycles. The Morgan fingerprint density at radius 3 is 2.85 bits per heavy atom. The van der Waals surface area contributed by atoms with Gasteiger partial charge in [-0.2, -0.15) is 19.6 Å². The maximum Gasteiger partial charge on any atom is 0.255 e. The molecule has 0 bridgehead atoms. The molecule has 0 aromatic carbocycles. The van der Waals surface area contributed by atoms with Crippen LogP contribution in [0.1, 0.15) is 25.3 Å². The minimum atomic E-state index is 0.361. The van der Waals surface area contributed by atoms with Gasteiger partial charge < -0.3 is 9.64 Å². The summed E-state index contributed by atoms with van der Waals surface area (Å²) in [5, 5.41) is 4.76. The van der Waals surface area contributed by atoms with Crippen LogP contribution in [0.15, 0.2) is 6.33 Å². The summed E-state index contributed by atoms with van der Waals surface area (Å²) in [4.78, 5) is 10.7. The molecule has 3 heterocycles. The van der Waals surface area contributed by atoms with Crippen LogP contribution in [-0.2, 0) is 4.74 Å². The van der Waals surface area contributed by atoms with Crippen LogP contribution in [0.25, 0.3) is 5.78 Å². The standard InChI is InChI=1S/C13H18ClN5O/c1-3-20-10-4-6-18(7-5-10)12-9(2)11(14)17-13-15-8-16-19(12)13/h8,10H,3-7H2,1-2H3. The molecular weight excluding hydrogens is 278 g/mol. The summed E-state index contributed by atoms with van der Waals surface area (Å²) in [7, 11) is 0. The smallest absolute Gasteiger partial charge is 0.255 e. The fourth-order valence-corrected chi connectivity index (χ4v) is 2.89. The summed E-state index contributed by atoms with van der Waals surface area (Å²) in [6.07, 6.45) is 3.90. The van der Waals surface area contributed by atoms with Crippen molar-refractivity contribution < 1.29 is 4.74 Å². The number of piperidine rings is 1. The number of rotatable bonds is 3. The Balaban J connectivity index is 1.91. The molecule has 108 valence electrons. The number of halogens is 1. The minimum absolute atomic E-state index is 0.361. The zero-order valence-corrected chi connectivity index (χ0v) is 12.5. The van der Waals surface area contributed by atoms with E-state index in [0.717, 1.165) is 43.9 Å². The lowest BCUT2D eigenvalue weighted by Gasteiger charge is -2.34. The van der Waals surface area contributed by atoms with Crippen molar-refractivity contribution in [2.75, 3.05) is 24.6 Å². The normalized spacial score (nSPS) is 17.1. The van der Waals surface area contributed by atoms with E-state index in [0.29, 0.717) is 17.0 Å². The van der Waals surface area contributed by atoms with E-state index in [1.54, 1.807) is 4.52 Å². The van der Waals surface area contributed by atoms with Crippen LogP contribution >= 0.6 is 11.6 Å². The van der Waals surface area contributed by atoms with Gasteiger partial charge in [-0.25, -0.2) is 0 Å². The van der Waals surface area contributed by atoms with Gasteiger partial charge in [-0.15, -0.1) is 0 Å². The average molecular weight is 296 g/mol. The molecule has 1 aliphatic rings. The molecule has 2 aromatic rings. The fraction of sp³-hybridized carbons (Fsp3) is 0.615. The Morgan fingerprint density at radius 2 is 2.15 bits per heavy atom. The predicted molar refractivity (Wildman–Crippen MR) is 77.4 cm³/mol. The molecule has 20 heavy (non-hydrogen) atoms. The summed E-state index contributed by atoms with van der Waals surface area (Å²) in [6, 6.07) is 0. The number of aromatic nitrogens is 4. The zero-order chi connectivity index (χ0) is 14.1. The van der Waals surface area contributed by atoms with Crippen LogP contribution in [0.4, 0.5) is 5.82 Å². The van der Waals surface area contributed by atoms with Crippen LogP contribution in [0.3, 0.4) is 0 Å². The van der Waals surface area contributed by atoms with Gasteiger partial charge in [0.15, 0.2) is 0 Å². The Bertz CT molecular complexity index is 606. The number of ether oxygens (including phenoxy) is 1. The third-order valence-corrected chi connectivity index (χ3v) is 4.09. The first-order valence-electron chi connectivity index (χ1n) is 6.93. The number of hydrogen-bond donors (Lipinski definition) is 0. The molecule has 0 unspecified atom stereocenters. The van der Waals surface area contributed by atoms with Crippen molar-refractivity contribution in [1.29, 1.82) is 0 Å². The Hall–Kier alpha value is -1.40. The van der Waals surface area contributed by atoms with Gasteiger partial charge in [0.2, 0.25) is 0 Å². The molecule has 1 saturated heterocycles. The van der Waals surface area contributed by atoms with E-state index in [4.69, 9.17) is 16.3 Å². The highest BCUT2D eigenvalue weighted by Gasteiger charge is 2.24. The molecule has 3 rings (SSSR count). The van der Waals surface area contributed by atoms with Crippen molar-refractivity contribution >= 4 is 23.2 Å². The van der Waals surface area contributed by atoms with Crippen LogP contribution in [0.2, 0.25) is 5.15 Å². The largest absolute Gasteiger partial charge is 0.378 e. The number of fused-ring (bicyclic) bond motifs is 1. The SMILES string of the molecule is CCOC1CCN(c2c(C)c(Cl)nc3ncnn23)CC1. The Kier molecular flexibility index (Phi) is 3.76. The molecule has 7 heteroatoms. The minimum Gasteiger partial charge on any atom is -0.378 e. The first kappa shape index (κ1) is 13.6. The molecular formula is C13H18ClN5O. The average Bonchev–Trinajstić information content (AvgIpc) is 2.89. The van der Waals surface area contributed by atoms with E-state index in [9.17, 15) is 0 Å². The monoisotopic (exact) mass is 295 g/mol. The Labute approximate surface area is 122 Å². The molecule has 0 N–H and O–H groups in total. The van der Waals surface area contributed by atoms with Gasteiger partial charge in [-0.05, 0) is 26.7 Å². The molecule has 0 amide bonds. The van der Waals surface area contributed by atoms with E-state index < -0.39 is 0 Å². The molecule has 0 radical (unpaired) electrons. The van der Waals surface area contributed by atoms with Crippen LogP contribution in [0, 0.1) is 6.92 Å². The number of anilines is 1. The molecule has 1 fully saturated rings. The predicted octanol–water partition coefficient (Wildman–Crippen LogP) is 2.09. The summed E-state index contributed by atoms with van der Waals surface area (Å²) >= 11 is 6.20. The quantitative estimate of drug-likeness (QED) is 0.812. The van der Waals surface area contributed by atoms with Gasteiger partial charge in [-0.1, -0.05) is 11.6 Å². The third kappa shape index (κ3) is 2.33. The highest BCUT2D eigenvalue weighted by Crippen LogP contribution is 2.28. The third-order valence-electron chi connectivity index (χ3n) is 3.72. The van der Waals surface area contributed by atoms with E-state index in [1.165, 1.54) is 6.33 Å². The van der Waals surface area contributed by atoms with Crippen LogP contribution in [0.5, 0.6) is 0 Å². The van der Waals surface area contributed by atoms with Crippen molar-refractivity contribution in [3.05, 3.63) is 17.0 Å². The Morgan fingerprint density at radius 1 is 1.40 bits per heavy atom. The second-order valence-electron chi connectivity index (χ2n) is 4.96. The van der Waals surface area contributed by atoms with E-state index in [1.807, 2.05) is 13.8 Å². The second kappa shape index (κ2) is 5.54. The van der Waals surface area contributed by atoms with Gasteiger partial charge in [0.1, 0.15) is 17.3 Å².